The molecule has 24 rings (SSSR count). The van der Waals surface area contributed by atoms with Crippen molar-refractivity contribution in [3.05, 3.63) is 396 Å². The standard InChI is InChI=1S/3C37H19N7/c38-20-23-5-3-6-26(15-23)27-18-35(42-36(19-27)44-32-9-2-1-7-28(32)29-8-4-14-41-37(29)44)43-33-12-10-24(21-39)16-30(33)31-17-25(22-40)11-13-34(31)43;38-20-23-11-13-33-30(16-23)31-17-24(21-39)12-14-34(31)43(33)35-18-26(27-7-2-1-6-25(27)22-40)19-36(42-35)44-32-10-4-3-8-28(32)29-9-5-15-41-37(29)44;38-20-23-7-11-26(12-8-23)27-18-35(42-36(19-27)44-32-6-2-1-4-28(32)29-5-3-15-41-37(29)44)43-33-13-9-24(21-39)16-30(33)31-17-25(22-40)10-14-34(31)43/h3*1-19H. The van der Waals surface area contributed by atoms with Gasteiger partial charge in [-0.2, -0.15) is 47.4 Å². The van der Waals surface area contributed by atoms with E-state index in [0.717, 1.165) is 165 Å². The second-order valence-corrected chi connectivity index (χ2v) is 31.5. The van der Waals surface area contributed by atoms with Crippen LogP contribution in [-0.2, 0) is 0 Å². The molecular formula is C111H57N21. The Labute approximate surface area is 750 Å². The van der Waals surface area contributed by atoms with Crippen LogP contribution in [0, 0.1) is 102 Å². The van der Waals surface area contributed by atoms with Crippen molar-refractivity contribution in [3.8, 4) is 123 Å². The lowest BCUT2D eigenvalue weighted by molar-refractivity contribution is 1.00. The minimum absolute atomic E-state index is 0.528. The van der Waals surface area contributed by atoms with Crippen molar-refractivity contribution < 1.29 is 0 Å². The summed E-state index contributed by atoms with van der Waals surface area (Å²) in [5, 5.41) is 98.4. The zero-order valence-electron chi connectivity index (χ0n) is 69.3. The third-order valence-electron chi connectivity index (χ3n) is 24.2. The predicted octanol–water partition coefficient (Wildman–Crippen LogP) is 23.9. The van der Waals surface area contributed by atoms with E-state index in [-0.39, 0.29) is 0 Å². The molecular weight excluding hydrogens is 1630 g/mol. The maximum atomic E-state index is 10.0. The number of nitriles is 9. The molecule has 0 unspecified atom stereocenters. The van der Waals surface area contributed by atoms with Crippen LogP contribution in [0.15, 0.2) is 346 Å². The lowest BCUT2D eigenvalue weighted by Crippen LogP contribution is -2.05. The van der Waals surface area contributed by atoms with Crippen LogP contribution in [-0.4, -0.2) is 57.3 Å². The van der Waals surface area contributed by atoms with Crippen molar-refractivity contribution in [3.63, 3.8) is 0 Å². The fourth-order valence-corrected chi connectivity index (χ4v) is 18.3. The molecule has 0 bridgehead atoms. The van der Waals surface area contributed by atoms with Crippen molar-refractivity contribution in [1.29, 1.82) is 47.4 Å². The summed E-state index contributed by atoms with van der Waals surface area (Å²) in [7, 11) is 0. The van der Waals surface area contributed by atoms with Crippen molar-refractivity contribution in [2.24, 2.45) is 0 Å². The van der Waals surface area contributed by atoms with Gasteiger partial charge in [0.1, 0.15) is 51.8 Å². The Kier molecular flexibility index (Phi) is 18.7. The average Bonchev–Trinajstić information content (AvgIpc) is 1.58. The first-order valence-corrected chi connectivity index (χ1v) is 41.8. The van der Waals surface area contributed by atoms with E-state index in [0.29, 0.717) is 85.0 Å². The average molecular weight is 1680 g/mol. The summed E-state index contributed by atoms with van der Waals surface area (Å²) < 4.78 is 12.4. The van der Waals surface area contributed by atoms with Gasteiger partial charge in [0.05, 0.1) is 154 Å². The van der Waals surface area contributed by atoms with Gasteiger partial charge in [-0.25, -0.2) is 29.9 Å². The van der Waals surface area contributed by atoms with E-state index in [1.54, 1.807) is 61.1 Å². The highest BCUT2D eigenvalue weighted by atomic mass is 15.2. The van der Waals surface area contributed by atoms with E-state index in [9.17, 15) is 47.4 Å². The van der Waals surface area contributed by atoms with Crippen LogP contribution < -0.4 is 0 Å². The molecule has 0 saturated heterocycles. The first-order chi connectivity index (χ1) is 65.0. The first-order valence-electron chi connectivity index (χ1n) is 41.8. The maximum absolute atomic E-state index is 10.0. The molecule has 606 valence electrons. The van der Waals surface area contributed by atoms with Gasteiger partial charge >= 0.3 is 0 Å². The fraction of sp³-hybridized carbons (Fsp3) is 0. The number of para-hydroxylation sites is 3. The van der Waals surface area contributed by atoms with E-state index in [1.165, 1.54) is 0 Å². The summed E-state index contributed by atoms with van der Waals surface area (Å²) >= 11 is 0. The zero-order valence-corrected chi connectivity index (χ0v) is 69.3. The highest BCUT2D eigenvalue weighted by Gasteiger charge is 2.26. The van der Waals surface area contributed by atoms with Crippen molar-refractivity contribution in [2.75, 3.05) is 0 Å². The van der Waals surface area contributed by atoms with Gasteiger partial charge in [-0.05, 0) is 264 Å². The Bertz CT molecular complexity index is 9150. The van der Waals surface area contributed by atoms with Gasteiger partial charge in [0.2, 0.25) is 0 Å². The van der Waals surface area contributed by atoms with E-state index in [4.69, 9.17) is 29.9 Å². The molecule has 0 aliphatic carbocycles. The summed E-state index contributed by atoms with van der Waals surface area (Å²) in [5.74, 6) is 3.94. The molecule has 21 nitrogen and oxygen atoms in total. The molecule has 0 aliphatic heterocycles. The Balaban J connectivity index is 0.000000116. The Morgan fingerprint density at radius 3 is 0.780 bits per heavy atom. The highest BCUT2D eigenvalue weighted by molar-refractivity contribution is 6.15. The summed E-state index contributed by atoms with van der Waals surface area (Å²) in [6.07, 6.45) is 5.35. The Hall–Kier alpha value is -20.2. The molecule has 21 heteroatoms. The molecule has 0 atom stereocenters. The summed E-state index contributed by atoms with van der Waals surface area (Å²) in [5.41, 5.74) is 20.5. The van der Waals surface area contributed by atoms with Crippen molar-refractivity contribution >= 4 is 131 Å². The van der Waals surface area contributed by atoms with Crippen LogP contribution in [0.2, 0.25) is 0 Å². The molecule has 24 aromatic rings. The maximum Gasteiger partial charge on any atom is 0.146 e. The van der Waals surface area contributed by atoms with Crippen LogP contribution in [0.4, 0.5) is 0 Å². The predicted molar refractivity (Wildman–Crippen MR) is 511 cm³/mol. The third kappa shape index (κ3) is 12.9. The molecule has 12 heterocycles. The van der Waals surface area contributed by atoms with Gasteiger partial charge in [0.15, 0.2) is 0 Å². The number of pyridine rings is 6. The number of aromatic nitrogens is 12. The zero-order chi connectivity index (χ0) is 89.4. The third-order valence-corrected chi connectivity index (χ3v) is 24.2. The number of rotatable bonds is 9. The van der Waals surface area contributed by atoms with Crippen LogP contribution in [0.5, 0.6) is 0 Å². The summed E-state index contributed by atoms with van der Waals surface area (Å²) in [6.45, 7) is 0. The molecule has 0 fully saturated rings. The van der Waals surface area contributed by atoms with E-state index in [1.807, 2.05) is 231 Å². The largest absolute Gasteiger partial charge is 0.294 e. The van der Waals surface area contributed by atoms with Crippen molar-refractivity contribution in [2.45, 2.75) is 0 Å². The monoisotopic (exact) mass is 1680 g/mol. The summed E-state index contributed by atoms with van der Waals surface area (Å²) in [6, 6.07) is 125. The molecule has 0 N–H and O–H groups in total. The normalized spacial score (nSPS) is 11.1. The van der Waals surface area contributed by atoms with E-state index >= 15 is 0 Å². The van der Waals surface area contributed by atoms with Gasteiger partial charge in [-0.15, -0.1) is 0 Å². The number of hydrogen-bond acceptors (Lipinski definition) is 15. The SMILES string of the molecule is N#Cc1ccc(-c2cc(-n3c4ccc(C#N)cc4c4cc(C#N)ccc43)nc(-n3c4ccccc4c4cccnc43)c2)cc1.N#Cc1ccc2c(c1)c1cc(C#N)ccc1n2-c1cc(-c2ccccc2C#N)cc(-n2c3ccccc3c3cccnc32)n1.N#Cc1cccc(-c2cc(-n3c4ccc(C#N)cc4c4cc(C#N)ccc43)nc(-n3c4ccccc4c4cccnc43)c2)c1. The van der Waals surface area contributed by atoms with Crippen molar-refractivity contribution in [1.82, 2.24) is 57.3 Å². The van der Waals surface area contributed by atoms with Crippen LogP contribution in [0.25, 0.3) is 200 Å². The van der Waals surface area contributed by atoms with Gasteiger partial charge in [-0.1, -0.05) is 97.1 Å². The van der Waals surface area contributed by atoms with Crippen LogP contribution in [0.1, 0.15) is 50.1 Å². The Morgan fingerprint density at radius 2 is 0.447 bits per heavy atom. The summed E-state index contributed by atoms with van der Waals surface area (Å²) in [4.78, 5) is 30.1. The van der Waals surface area contributed by atoms with Gasteiger partial charge in [-0.3, -0.25) is 27.4 Å². The molecule has 12 aromatic carbocycles. The molecule has 0 spiro atoms. The van der Waals surface area contributed by atoms with Gasteiger partial charge < -0.3 is 0 Å². The Morgan fingerprint density at radius 1 is 0.174 bits per heavy atom. The second-order valence-electron chi connectivity index (χ2n) is 31.5. The highest BCUT2D eigenvalue weighted by Crippen LogP contribution is 2.43. The van der Waals surface area contributed by atoms with Crippen LogP contribution in [0.3, 0.4) is 0 Å². The molecule has 0 amide bonds. The van der Waals surface area contributed by atoms with Gasteiger partial charge in [0.25, 0.3) is 0 Å². The number of fused-ring (bicyclic) bond motifs is 18. The van der Waals surface area contributed by atoms with E-state index in [2.05, 4.69) is 137 Å². The molecule has 0 radical (unpaired) electrons. The smallest absolute Gasteiger partial charge is 0.146 e. The molecule has 12 aromatic heterocycles. The topological polar surface area (TPSA) is 321 Å². The lowest BCUT2D eigenvalue weighted by Gasteiger charge is -2.15. The molecule has 0 aliphatic rings. The second kappa shape index (κ2) is 31.8. The lowest BCUT2D eigenvalue weighted by atomic mass is 10.0. The van der Waals surface area contributed by atoms with Gasteiger partial charge in [0, 0.05) is 83.2 Å². The minimum atomic E-state index is 0.528. The number of nitrogens with zero attached hydrogens (tertiary/aromatic N) is 21. The quantitative estimate of drug-likeness (QED) is 0.130. The van der Waals surface area contributed by atoms with Crippen LogP contribution >= 0.6 is 0 Å². The molecule has 0 saturated carbocycles. The fourth-order valence-electron chi connectivity index (χ4n) is 18.3. The minimum Gasteiger partial charge on any atom is -0.294 e. The number of hydrogen-bond donors (Lipinski definition) is 0. The molecule has 132 heavy (non-hydrogen) atoms. The van der Waals surface area contributed by atoms with E-state index < -0.39 is 0 Å². The first kappa shape index (κ1) is 77.8. The number of benzene rings is 12.